The number of allylic oxidation sites excluding steroid dienone is 1. The van der Waals surface area contributed by atoms with Gasteiger partial charge in [-0.25, -0.2) is 4.99 Å². The van der Waals surface area contributed by atoms with E-state index in [-0.39, 0.29) is 11.6 Å². The molecule has 0 unspecified atom stereocenters. The standard InChI is InChI=1S/C7H12N2O/c1-5-4-7(2,3)9-6(8)10-5/h4H,1-3H3,(H2,8,9). The van der Waals surface area contributed by atoms with Crippen LogP contribution in [0.15, 0.2) is 16.8 Å². The summed E-state index contributed by atoms with van der Waals surface area (Å²) in [6.07, 6.45) is 1.93. The number of amidine groups is 1. The van der Waals surface area contributed by atoms with Crippen LogP contribution in [0.1, 0.15) is 20.8 Å². The van der Waals surface area contributed by atoms with Crippen molar-refractivity contribution in [1.82, 2.24) is 0 Å². The Balaban J connectivity index is 2.88. The van der Waals surface area contributed by atoms with Crippen molar-refractivity contribution in [2.45, 2.75) is 26.3 Å². The van der Waals surface area contributed by atoms with E-state index in [9.17, 15) is 0 Å². The number of nitrogens with zero attached hydrogens (tertiary/aromatic N) is 1. The first-order chi connectivity index (χ1) is 4.49. The molecule has 0 aromatic heterocycles. The lowest BCUT2D eigenvalue weighted by molar-refractivity contribution is 0.373. The highest BCUT2D eigenvalue weighted by atomic mass is 16.5. The van der Waals surface area contributed by atoms with Crippen molar-refractivity contribution < 1.29 is 4.74 Å². The van der Waals surface area contributed by atoms with E-state index in [1.807, 2.05) is 26.8 Å². The van der Waals surface area contributed by atoms with Gasteiger partial charge in [0, 0.05) is 0 Å². The van der Waals surface area contributed by atoms with Crippen LogP contribution in [0, 0.1) is 0 Å². The maximum atomic E-state index is 5.39. The average Bonchev–Trinajstić information content (AvgIpc) is 1.54. The van der Waals surface area contributed by atoms with Crippen molar-refractivity contribution in [3.8, 4) is 0 Å². The van der Waals surface area contributed by atoms with Crippen LogP contribution in [0.25, 0.3) is 0 Å². The maximum absolute atomic E-state index is 5.39. The largest absolute Gasteiger partial charge is 0.431 e. The summed E-state index contributed by atoms with van der Waals surface area (Å²) in [5.74, 6) is 0.817. The summed E-state index contributed by atoms with van der Waals surface area (Å²) in [5.41, 5.74) is 5.19. The van der Waals surface area contributed by atoms with Crippen molar-refractivity contribution in [3.05, 3.63) is 11.8 Å². The van der Waals surface area contributed by atoms with E-state index in [0.717, 1.165) is 5.76 Å². The van der Waals surface area contributed by atoms with Crippen LogP contribution in [0.3, 0.4) is 0 Å². The summed E-state index contributed by atoms with van der Waals surface area (Å²) in [7, 11) is 0. The Kier molecular flexibility index (Phi) is 1.43. The third-order valence-corrected chi connectivity index (χ3v) is 1.22. The summed E-state index contributed by atoms with van der Waals surface area (Å²) < 4.78 is 5.01. The number of rotatable bonds is 0. The Bertz CT molecular complexity index is 184. The van der Waals surface area contributed by atoms with Gasteiger partial charge in [0.15, 0.2) is 0 Å². The van der Waals surface area contributed by atoms with Gasteiger partial charge in [0.05, 0.1) is 5.54 Å². The van der Waals surface area contributed by atoms with Gasteiger partial charge in [0.1, 0.15) is 5.76 Å². The molecule has 0 spiro atoms. The number of ether oxygens (including phenoxy) is 1. The average molecular weight is 140 g/mol. The van der Waals surface area contributed by atoms with Crippen molar-refractivity contribution >= 4 is 6.02 Å². The monoisotopic (exact) mass is 140 g/mol. The van der Waals surface area contributed by atoms with Gasteiger partial charge in [-0.05, 0) is 26.8 Å². The summed E-state index contributed by atoms with van der Waals surface area (Å²) in [6.45, 7) is 5.82. The Morgan fingerprint density at radius 1 is 1.60 bits per heavy atom. The summed E-state index contributed by atoms with van der Waals surface area (Å²) >= 11 is 0. The topological polar surface area (TPSA) is 47.6 Å². The summed E-state index contributed by atoms with van der Waals surface area (Å²) in [5, 5.41) is 0. The minimum absolute atomic E-state index is 0.202. The smallest absolute Gasteiger partial charge is 0.288 e. The number of hydrogen-bond donors (Lipinski definition) is 1. The van der Waals surface area contributed by atoms with E-state index >= 15 is 0 Å². The minimum Gasteiger partial charge on any atom is -0.431 e. The van der Waals surface area contributed by atoms with Crippen LogP contribution in [0.5, 0.6) is 0 Å². The van der Waals surface area contributed by atoms with Crippen molar-refractivity contribution in [2.75, 3.05) is 0 Å². The quantitative estimate of drug-likeness (QED) is 0.546. The van der Waals surface area contributed by atoms with Crippen molar-refractivity contribution in [3.63, 3.8) is 0 Å². The fraction of sp³-hybridized carbons (Fsp3) is 0.571. The van der Waals surface area contributed by atoms with Gasteiger partial charge in [-0.1, -0.05) is 0 Å². The molecule has 0 bridgehead atoms. The van der Waals surface area contributed by atoms with Gasteiger partial charge in [-0.3, -0.25) is 0 Å². The lowest BCUT2D eigenvalue weighted by Gasteiger charge is -2.21. The van der Waals surface area contributed by atoms with E-state index in [4.69, 9.17) is 10.5 Å². The third kappa shape index (κ3) is 1.50. The lowest BCUT2D eigenvalue weighted by atomic mass is 10.1. The molecule has 0 aromatic carbocycles. The lowest BCUT2D eigenvalue weighted by Crippen LogP contribution is -2.28. The molecule has 10 heavy (non-hydrogen) atoms. The van der Waals surface area contributed by atoms with Crippen LogP contribution < -0.4 is 5.73 Å². The molecule has 0 amide bonds. The van der Waals surface area contributed by atoms with Crippen LogP contribution in [0.2, 0.25) is 0 Å². The zero-order chi connectivity index (χ0) is 7.78. The van der Waals surface area contributed by atoms with E-state index in [0.29, 0.717) is 0 Å². The SMILES string of the molecule is CC1=CC(C)(C)N=C(N)O1. The molecule has 2 N–H and O–H groups in total. The molecule has 0 aliphatic carbocycles. The Morgan fingerprint density at radius 3 is 2.60 bits per heavy atom. The molecule has 1 rings (SSSR count). The molecule has 0 aromatic rings. The van der Waals surface area contributed by atoms with Crippen LogP contribution in [-0.2, 0) is 4.74 Å². The van der Waals surface area contributed by atoms with Gasteiger partial charge >= 0.3 is 0 Å². The fourth-order valence-corrected chi connectivity index (χ4v) is 1.03. The van der Waals surface area contributed by atoms with E-state index in [1.54, 1.807) is 0 Å². The second-order valence-corrected chi connectivity index (χ2v) is 2.96. The highest BCUT2D eigenvalue weighted by molar-refractivity contribution is 5.74. The highest BCUT2D eigenvalue weighted by Crippen LogP contribution is 2.18. The zero-order valence-corrected chi connectivity index (χ0v) is 6.51. The first kappa shape index (κ1) is 7.12. The predicted octanol–water partition coefficient (Wildman–Crippen LogP) is 1.01. The molecular weight excluding hydrogens is 128 g/mol. The molecule has 0 saturated heterocycles. The molecule has 3 heteroatoms. The molecule has 56 valence electrons. The van der Waals surface area contributed by atoms with Crippen LogP contribution in [0.4, 0.5) is 0 Å². The molecule has 0 saturated carbocycles. The first-order valence-electron chi connectivity index (χ1n) is 3.22. The number of nitrogens with two attached hydrogens (primary N) is 1. The van der Waals surface area contributed by atoms with Gasteiger partial charge in [-0.2, -0.15) is 0 Å². The summed E-state index contributed by atoms with van der Waals surface area (Å²) in [4.78, 5) is 4.06. The Hall–Kier alpha value is -0.990. The summed E-state index contributed by atoms with van der Waals surface area (Å²) in [6, 6.07) is 0.255. The van der Waals surface area contributed by atoms with Gasteiger partial charge in [-0.15, -0.1) is 0 Å². The normalized spacial score (nSPS) is 22.7. The van der Waals surface area contributed by atoms with Crippen molar-refractivity contribution in [1.29, 1.82) is 0 Å². The third-order valence-electron chi connectivity index (χ3n) is 1.22. The van der Waals surface area contributed by atoms with E-state index < -0.39 is 0 Å². The van der Waals surface area contributed by atoms with Crippen LogP contribution in [-0.4, -0.2) is 11.6 Å². The van der Waals surface area contributed by atoms with Gasteiger partial charge < -0.3 is 10.5 Å². The molecule has 0 fully saturated rings. The first-order valence-corrected chi connectivity index (χ1v) is 3.22. The van der Waals surface area contributed by atoms with Gasteiger partial charge in [0.25, 0.3) is 6.02 Å². The molecule has 1 aliphatic heterocycles. The minimum atomic E-state index is -0.202. The highest BCUT2D eigenvalue weighted by Gasteiger charge is 2.19. The second-order valence-electron chi connectivity index (χ2n) is 2.96. The molecule has 1 heterocycles. The van der Waals surface area contributed by atoms with E-state index in [2.05, 4.69) is 4.99 Å². The number of hydrogen-bond acceptors (Lipinski definition) is 3. The van der Waals surface area contributed by atoms with Gasteiger partial charge in [0.2, 0.25) is 0 Å². The fourth-order valence-electron chi connectivity index (χ4n) is 1.03. The Labute approximate surface area is 60.6 Å². The molecule has 0 atom stereocenters. The second kappa shape index (κ2) is 2.01. The molecule has 0 radical (unpaired) electrons. The van der Waals surface area contributed by atoms with Crippen LogP contribution >= 0.6 is 0 Å². The Morgan fingerprint density at radius 2 is 2.20 bits per heavy atom. The van der Waals surface area contributed by atoms with E-state index in [1.165, 1.54) is 0 Å². The van der Waals surface area contributed by atoms with Crippen molar-refractivity contribution in [2.24, 2.45) is 10.7 Å². The number of aliphatic imine (C=N–C) groups is 1. The molecular formula is C7H12N2O. The zero-order valence-electron chi connectivity index (χ0n) is 6.51. The molecule has 3 nitrogen and oxygen atoms in total. The molecule has 1 aliphatic rings. The predicted molar refractivity (Wildman–Crippen MR) is 40.5 cm³/mol. The maximum Gasteiger partial charge on any atom is 0.288 e.